The fourth-order valence-corrected chi connectivity index (χ4v) is 2.22. The smallest absolute Gasteiger partial charge is 0.223 e. The van der Waals surface area contributed by atoms with Crippen LogP contribution in [-0.2, 0) is 9.59 Å². The van der Waals surface area contributed by atoms with Gasteiger partial charge in [0.15, 0.2) is 0 Å². The van der Waals surface area contributed by atoms with Gasteiger partial charge in [-0.05, 0) is 25.3 Å². The molecule has 0 spiro atoms. The number of amides is 2. The zero-order valence-electron chi connectivity index (χ0n) is 9.79. The molecule has 0 radical (unpaired) electrons. The molecule has 4 N–H and O–H groups in total. The van der Waals surface area contributed by atoms with Crippen molar-refractivity contribution >= 4 is 11.8 Å². The Morgan fingerprint density at radius 2 is 1.94 bits per heavy atom. The second-order valence-corrected chi connectivity index (χ2v) is 4.31. The molecule has 1 fully saturated rings. The summed E-state index contributed by atoms with van der Waals surface area (Å²) in [4.78, 5) is 22.4. The molecule has 1 aliphatic rings. The van der Waals surface area contributed by atoms with E-state index in [1.807, 2.05) is 0 Å². The molecule has 1 rings (SSSR count). The van der Waals surface area contributed by atoms with Crippen molar-refractivity contribution in [2.24, 2.45) is 17.6 Å². The van der Waals surface area contributed by atoms with Crippen LogP contribution in [0.2, 0.25) is 0 Å². The first-order valence-electron chi connectivity index (χ1n) is 5.87. The fourth-order valence-electron chi connectivity index (χ4n) is 2.22. The predicted molar refractivity (Wildman–Crippen MR) is 61.6 cm³/mol. The lowest BCUT2D eigenvalue weighted by molar-refractivity contribution is -0.126. The van der Waals surface area contributed by atoms with Crippen LogP contribution in [0.15, 0.2) is 0 Å². The monoisotopic (exact) mass is 227 g/mol. The summed E-state index contributed by atoms with van der Waals surface area (Å²) in [6.07, 6.45) is 3.08. The summed E-state index contributed by atoms with van der Waals surface area (Å²) in [5.74, 6) is 0.413. The Kier molecular flexibility index (Phi) is 5.25. The van der Waals surface area contributed by atoms with Crippen LogP contribution in [0.3, 0.4) is 0 Å². The van der Waals surface area contributed by atoms with Crippen LogP contribution < -0.4 is 16.4 Å². The van der Waals surface area contributed by atoms with Gasteiger partial charge in [-0.25, -0.2) is 0 Å². The van der Waals surface area contributed by atoms with Crippen molar-refractivity contribution in [2.75, 3.05) is 19.6 Å². The highest BCUT2D eigenvalue weighted by molar-refractivity contribution is 5.79. The van der Waals surface area contributed by atoms with Crippen molar-refractivity contribution in [1.29, 1.82) is 0 Å². The largest absolute Gasteiger partial charge is 0.355 e. The van der Waals surface area contributed by atoms with Crippen LogP contribution in [0.4, 0.5) is 0 Å². The van der Waals surface area contributed by atoms with Gasteiger partial charge in [-0.2, -0.15) is 0 Å². The van der Waals surface area contributed by atoms with Gasteiger partial charge in [0.2, 0.25) is 11.8 Å². The van der Waals surface area contributed by atoms with Crippen molar-refractivity contribution < 1.29 is 9.59 Å². The van der Waals surface area contributed by atoms with Crippen molar-refractivity contribution in [3.63, 3.8) is 0 Å². The maximum Gasteiger partial charge on any atom is 0.223 e. The number of hydrogen-bond acceptors (Lipinski definition) is 3. The van der Waals surface area contributed by atoms with Crippen LogP contribution in [0, 0.1) is 11.8 Å². The van der Waals surface area contributed by atoms with Crippen LogP contribution in [0.25, 0.3) is 0 Å². The summed E-state index contributed by atoms with van der Waals surface area (Å²) in [5, 5.41) is 5.47. The maximum atomic E-state index is 11.8. The predicted octanol–water partition coefficient (Wildman–Crippen LogP) is -0.386. The molecular formula is C11H21N3O2. The normalized spacial score (nSPS) is 24.1. The second-order valence-electron chi connectivity index (χ2n) is 4.31. The van der Waals surface area contributed by atoms with Gasteiger partial charge in [-0.3, -0.25) is 9.59 Å². The maximum absolute atomic E-state index is 11.8. The number of carbonyl (C=O) groups excluding carboxylic acids is 2. The van der Waals surface area contributed by atoms with E-state index in [4.69, 9.17) is 5.73 Å². The first-order chi connectivity index (χ1) is 7.65. The minimum atomic E-state index is -0.0741. The third-order valence-electron chi connectivity index (χ3n) is 3.10. The van der Waals surface area contributed by atoms with Gasteiger partial charge in [-0.15, -0.1) is 0 Å². The van der Waals surface area contributed by atoms with E-state index in [0.29, 0.717) is 25.6 Å². The van der Waals surface area contributed by atoms with Crippen molar-refractivity contribution in [2.45, 2.75) is 26.2 Å². The lowest BCUT2D eigenvalue weighted by Gasteiger charge is -2.17. The van der Waals surface area contributed by atoms with Crippen LogP contribution >= 0.6 is 0 Å². The zero-order chi connectivity index (χ0) is 12.0. The molecule has 0 heterocycles. The molecule has 2 amide bonds. The third-order valence-corrected chi connectivity index (χ3v) is 3.10. The molecule has 0 aromatic rings. The Morgan fingerprint density at radius 1 is 1.25 bits per heavy atom. The minimum Gasteiger partial charge on any atom is -0.355 e. The molecule has 0 aromatic heterocycles. The van der Waals surface area contributed by atoms with Gasteiger partial charge in [0.1, 0.15) is 0 Å². The van der Waals surface area contributed by atoms with E-state index in [1.54, 1.807) is 0 Å². The number of carbonyl (C=O) groups is 2. The van der Waals surface area contributed by atoms with Gasteiger partial charge in [0.25, 0.3) is 0 Å². The summed E-state index contributed by atoms with van der Waals surface area (Å²) in [5.41, 5.74) is 5.62. The van der Waals surface area contributed by atoms with E-state index in [0.717, 1.165) is 19.3 Å². The average Bonchev–Trinajstić information content (AvgIpc) is 2.71. The summed E-state index contributed by atoms with van der Waals surface area (Å²) < 4.78 is 0. The molecule has 92 valence electrons. The Hall–Kier alpha value is -1.10. The topological polar surface area (TPSA) is 84.2 Å². The Morgan fingerprint density at radius 3 is 2.56 bits per heavy atom. The van der Waals surface area contributed by atoms with E-state index >= 15 is 0 Å². The Labute approximate surface area is 96.1 Å². The highest BCUT2D eigenvalue weighted by Gasteiger charge is 2.31. The average molecular weight is 227 g/mol. The molecule has 2 atom stereocenters. The van der Waals surface area contributed by atoms with Crippen LogP contribution in [0.1, 0.15) is 26.2 Å². The SMILES string of the molecule is CC(=O)NCCNC(=O)[C@@H]1CCC[C@@H]1CN. The molecule has 16 heavy (non-hydrogen) atoms. The molecule has 5 nitrogen and oxygen atoms in total. The molecule has 1 saturated carbocycles. The summed E-state index contributed by atoms with van der Waals surface area (Å²) in [6, 6.07) is 0. The summed E-state index contributed by atoms with van der Waals surface area (Å²) >= 11 is 0. The van der Waals surface area contributed by atoms with Crippen molar-refractivity contribution in [3.05, 3.63) is 0 Å². The first-order valence-corrected chi connectivity index (χ1v) is 5.87. The number of nitrogens with one attached hydrogen (secondary N) is 2. The van der Waals surface area contributed by atoms with Gasteiger partial charge in [0, 0.05) is 25.9 Å². The molecule has 0 aliphatic heterocycles. The van der Waals surface area contributed by atoms with Crippen molar-refractivity contribution in [3.8, 4) is 0 Å². The van der Waals surface area contributed by atoms with E-state index in [-0.39, 0.29) is 17.7 Å². The highest BCUT2D eigenvalue weighted by atomic mass is 16.2. The van der Waals surface area contributed by atoms with Crippen LogP contribution in [0.5, 0.6) is 0 Å². The zero-order valence-corrected chi connectivity index (χ0v) is 9.79. The van der Waals surface area contributed by atoms with E-state index in [1.165, 1.54) is 6.92 Å². The lowest BCUT2D eigenvalue weighted by atomic mass is 9.95. The van der Waals surface area contributed by atoms with Gasteiger partial charge in [-0.1, -0.05) is 6.42 Å². The van der Waals surface area contributed by atoms with E-state index in [2.05, 4.69) is 10.6 Å². The number of nitrogens with two attached hydrogens (primary N) is 1. The number of rotatable bonds is 5. The highest BCUT2D eigenvalue weighted by Crippen LogP contribution is 2.30. The van der Waals surface area contributed by atoms with Crippen LogP contribution in [-0.4, -0.2) is 31.4 Å². The van der Waals surface area contributed by atoms with E-state index in [9.17, 15) is 9.59 Å². The molecule has 5 heteroatoms. The van der Waals surface area contributed by atoms with Gasteiger partial charge in [0.05, 0.1) is 0 Å². The fraction of sp³-hybridized carbons (Fsp3) is 0.818. The second kappa shape index (κ2) is 6.48. The summed E-state index contributed by atoms with van der Waals surface area (Å²) in [7, 11) is 0. The van der Waals surface area contributed by atoms with E-state index < -0.39 is 0 Å². The molecular weight excluding hydrogens is 206 g/mol. The quantitative estimate of drug-likeness (QED) is 0.559. The lowest BCUT2D eigenvalue weighted by Crippen LogP contribution is -2.39. The molecule has 0 unspecified atom stereocenters. The Balaban J connectivity index is 2.21. The van der Waals surface area contributed by atoms with Gasteiger partial charge >= 0.3 is 0 Å². The molecule has 0 bridgehead atoms. The molecule has 1 aliphatic carbocycles. The van der Waals surface area contributed by atoms with Gasteiger partial charge < -0.3 is 16.4 Å². The summed E-state index contributed by atoms with van der Waals surface area (Å²) in [6.45, 7) is 3.03. The Bertz CT molecular complexity index is 256. The molecule has 0 saturated heterocycles. The first kappa shape index (κ1) is 13.0. The third kappa shape index (κ3) is 3.81. The van der Waals surface area contributed by atoms with Crippen molar-refractivity contribution in [1.82, 2.24) is 10.6 Å². The standard InChI is InChI=1S/C11H21N3O2/c1-8(15)13-5-6-14-11(16)10-4-2-3-9(10)7-12/h9-10H,2-7,12H2,1H3,(H,13,15)(H,14,16)/t9-,10-/m1/s1. The minimum absolute atomic E-state index is 0.0716. The number of hydrogen-bond donors (Lipinski definition) is 3. The molecule has 0 aromatic carbocycles.